The van der Waals surface area contributed by atoms with E-state index in [1.165, 1.54) is 0 Å². The predicted octanol–water partition coefficient (Wildman–Crippen LogP) is 6.60. The van der Waals surface area contributed by atoms with Crippen LogP contribution in [0.3, 0.4) is 0 Å². The van der Waals surface area contributed by atoms with E-state index in [2.05, 4.69) is 27.7 Å². The van der Waals surface area contributed by atoms with Gasteiger partial charge in [0, 0.05) is 0 Å². The molecule has 0 aliphatic carbocycles. The van der Waals surface area contributed by atoms with Crippen LogP contribution in [0, 0.1) is 11.8 Å². The molecule has 28 heavy (non-hydrogen) atoms. The Balaban J connectivity index is 3.26. The fourth-order valence-corrected chi connectivity index (χ4v) is 3.93. The summed E-state index contributed by atoms with van der Waals surface area (Å²) in [6, 6.07) is 3.28. The second-order valence-corrected chi connectivity index (χ2v) is 8.02. The lowest BCUT2D eigenvalue weighted by atomic mass is 9.85. The van der Waals surface area contributed by atoms with Crippen LogP contribution in [0.5, 0.6) is 0 Å². The molecule has 1 rings (SSSR count). The molecule has 0 saturated carbocycles. The highest BCUT2D eigenvalue weighted by molar-refractivity contribution is 5.94. The molecule has 0 fully saturated rings. The van der Waals surface area contributed by atoms with Gasteiger partial charge >= 0.3 is 11.9 Å². The van der Waals surface area contributed by atoms with Gasteiger partial charge < -0.3 is 10.2 Å². The van der Waals surface area contributed by atoms with E-state index in [4.69, 9.17) is 0 Å². The van der Waals surface area contributed by atoms with Crippen LogP contribution in [0.1, 0.15) is 111 Å². The molecule has 2 N–H and O–H groups in total. The summed E-state index contributed by atoms with van der Waals surface area (Å²) in [6.07, 6.45) is 9.74. The van der Waals surface area contributed by atoms with Crippen molar-refractivity contribution in [1.82, 2.24) is 0 Å². The molecule has 4 nitrogen and oxygen atoms in total. The van der Waals surface area contributed by atoms with Gasteiger partial charge in [-0.15, -0.1) is 0 Å². The first-order valence-electron chi connectivity index (χ1n) is 11.0. The molecule has 1 aromatic carbocycles. The normalized spacial score (nSPS) is 13.3. The summed E-state index contributed by atoms with van der Waals surface area (Å²) in [5, 5.41) is 19.5. The molecular weight excluding hydrogens is 352 g/mol. The largest absolute Gasteiger partial charge is 0.478 e. The number of carboxylic acids is 2. The second kappa shape index (κ2) is 12.6. The number of carbonyl (C=O) groups is 2. The molecule has 0 amide bonds. The molecule has 0 aliphatic heterocycles. The fraction of sp³-hybridized carbons (Fsp3) is 0.667. The Bertz CT molecular complexity index is 580. The van der Waals surface area contributed by atoms with E-state index in [0.29, 0.717) is 35.8 Å². The average Bonchev–Trinajstić information content (AvgIpc) is 2.68. The topological polar surface area (TPSA) is 74.6 Å². The molecule has 2 atom stereocenters. The van der Waals surface area contributed by atoms with Crippen LogP contribution >= 0.6 is 0 Å². The van der Waals surface area contributed by atoms with Gasteiger partial charge in [-0.05, 0) is 47.9 Å². The van der Waals surface area contributed by atoms with Gasteiger partial charge in [-0.1, -0.05) is 79.1 Å². The number of hydrogen-bond donors (Lipinski definition) is 2. The van der Waals surface area contributed by atoms with E-state index in [1.54, 1.807) is 12.1 Å². The highest BCUT2D eigenvalue weighted by atomic mass is 16.4. The van der Waals surface area contributed by atoms with Crippen molar-refractivity contribution in [3.63, 3.8) is 0 Å². The Morgan fingerprint density at radius 2 is 1.11 bits per heavy atom. The number of aromatic carboxylic acids is 2. The van der Waals surface area contributed by atoms with Crippen LogP contribution in [0.25, 0.3) is 0 Å². The molecular formula is C24H38O4. The van der Waals surface area contributed by atoms with Crippen molar-refractivity contribution in [2.75, 3.05) is 0 Å². The van der Waals surface area contributed by atoms with Crippen LogP contribution in [0.4, 0.5) is 0 Å². The molecule has 1 aromatic rings. The van der Waals surface area contributed by atoms with Gasteiger partial charge in [-0.25, -0.2) is 9.59 Å². The highest BCUT2D eigenvalue weighted by Gasteiger charge is 2.22. The van der Waals surface area contributed by atoms with E-state index < -0.39 is 11.9 Å². The molecule has 0 aliphatic rings. The average molecular weight is 391 g/mol. The summed E-state index contributed by atoms with van der Waals surface area (Å²) in [5.74, 6) is -1.14. The van der Waals surface area contributed by atoms with Gasteiger partial charge in [0.1, 0.15) is 0 Å². The van der Waals surface area contributed by atoms with Gasteiger partial charge in [-0.2, -0.15) is 0 Å². The van der Waals surface area contributed by atoms with E-state index >= 15 is 0 Å². The molecule has 0 bridgehead atoms. The van der Waals surface area contributed by atoms with Crippen molar-refractivity contribution >= 4 is 11.9 Å². The van der Waals surface area contributed by atoms with E-state index in [-0.39, 0.29) is 11.1 Å². The van der Waals surface area contributed by atoms with Gasteiger partial charge in [0.2, 0.25) is 0 Å². The first-order valence-corrected chi connectivity index (χ1v) is 11.0. The first kappa shape index (κ1) is 24.2. The highest BCUT2D eigenvalue weighted by Crippen LogP contribution is 2.27. The smallest absolute Gasteiger partial charge is 0.335 e. The summed E-state index contributed by atoms with van der Waals surface area (Å²) in [5.41, 5.74) is 1.89. The zero-order valence-electron chi connectivity index (χ0n) is 18.1. The Morgan fingerprint density at radius 1 is 0.750 bits per heavy atom. The van der Waals surface area contributed by atoms with E-state index in [1.807, 2.05) is 0 Å². The zero-order valence-corrected chi connectivity index (χ0v) is 18.1. The molecule has 0 aromatic heterocycles. The van der Waals surface area contributed by atoms with Crippen LogP contribution in [0.15, 0.2) is 12.1 Å². The molecule has 158 valence electrons. The SMILES string of the molecule is CCCCC(CC)Cc1cc(C(=O)O)c(CC(CC)CCCC)cc1C(=O)O. The van der Waals surface area contributed by atoms with Crippen molar-refractivity contribution in [1.29, 1.82) is 0 Å². The minimum Gasteiger partial charge on any atom is -0.478 e. The van der Waals surface area contributed by atoms with E-state index in [0.717, 1.165) is 51.4 Å². The van der Waals surface area contributed by atoms with Crippen molar-refractivity contribution < 1.29 is 19.8 Å². The monoisotopic (exact) mass is 390 g/mol. The number of hydrogen-bond acceptors (Lipinski definition) is 2. The third kappa shape index (κ3) is 7.29. The summed E-state index contributed by atoms with van der Waals surface area (Å²) >= 11 is 0. The van der Waals surface area contributed by atoms with Crippen molar-refractivity contribution in [2.24, 2.45) is 11.8 Å². The van der Waals surface area contributed by atoms with Crippen LogP contribution < -0.4 is 0 Å². The maximum absolute atomic E-state index is 11.9. The second-order valence-electron chi connectivity index (χ2n) is 8.02. The van der Waals surface area contributed by atoms with Gasteiger partial charge in [-0.3, -0.25) is 0 Å². The molecule has 0 spiro atoms. The maximum Gasteiger partial charge on any atom is 0.335 e. The molecule has 0 radical (unpaired) electrons. The van der Waals surface area contributed by atoms with Gasteiger partial charge in [0.15, 0.2) is 0 Å². The first-order chi connectivity index (χ1) is 13.4. The molecule has 4 heteroatoms. The van der Waals surface area contributed by atoms with Crippen molar-refractivity contribution in [3.8, 4) is 0 Å². The minimum atomic E-state index is -0.958. The minimum absolute atomic E-state index is 0.278. The van der Waals surface area contributed by atoms with Crippen LogP contribution in [-0.4, -0.2) is 22.2 Å². The van der Waals surface area contributed by atoms with E-state index in [9.17, 15) is 19.8 Å². The quantitative estimate of drug-likeness (QED) is 0.375. The van der Waals surface area contributed by atoms with Crippen molar-refractivity contribution in [3.05, 3.63) is 34.4 Å². The predicted molar refractivity (Wildman–Crippen MR) is 114 cm³/mol. The standard InChI is InChI=1S/C24H38O4/c1-5-9-11-17(7-3)13-19-15-22(24(27)28)20(16-21(19)23(25)26)14-18(8-4)12-10-6-2/h15-18H,5-14H2,1-4H3,(H,25,26)(H,27,28). The Kier molecular flexibility index (Phi) is 10.9. The summed E-state index contributed by atoms with van der Waals surface area (Å²) < 4.78 is 0. The fourth-order valence-electron chi connectivity index (χ4n) is 3.93. The third-order valence-corrected chi connectivity index (χ3v) is 5.89. The molecule has 0 heterocycles. The van der Waals surface area contributed by atoms with Gasteiger partial charge in [0.25, 0.3) is 0 Å². The maximum atomic E-state index is 11.9. The van der Waals surface area contributed by atoms with Gasteiger partial charge in [0.05, 0.1) is 11.1 Å². The lowest BCUT2D eigenvalue weighted by Gasteiger charge is -2.20. The molecule has 0 saturated heterocycles. The Hall–Kier alpha value is -1.84. The van der Waals surface area contributed by atoms with Crippen molar-refractivity contribution in [2.45, 2.75) is 91.9 Å². The van der Waals surface area contributed by atoms with Crippen LogP contribution in [0.2, 0.25) is 0 Å². The molecule has 2 unspecified atom stereocenters. The lowest BCUT2D eigenvalue weighted by molar-refractivity contribution is 0.0678. The number of carboxylic acid groups (broad SMARTS) is 2. The van der Waals surface area contributed by atoms with Crippen LogP contribution in [-0.2, 0) is 12.8 Å². The number of rotatable bonds is 14. The summed E-state index contributed by atoms with van der Waals surface area (Å²) in [7, 11) is 0. The Morgan fingerprint density at radius 3 is 1.36 bits per heavy atom. The zero-order chi connectivity index (χ0) is 21.1. The lowest BCUT2D eigenvalue weighted by Crippen LogP contribution is -2.15. The Labute approximate surface area is 170 Å². The summed E-state index contributed by atoms with van der Waals surface area (Å²) in [4.78, 5) is 23.8. The summed E-state index contributed by atoms with van der Waals surface area (Å²) in [6.45, 7) is 8.53. The number of benzene rings is 1. The number of unbranched alkanes of at least 4 members (excludes halogenated alkanes) is 2. The third-order valence-electron chi connectivity index (χ3n) is 5.89.